The third-order valence-corrected chi connectivity index (χ3v) is 13.0. The van der Waals surface area contributed by atoms with E-state index < -0.39 is 0 Å². The van der Waals surface area contributed by atoms with Crippen LogP contribution >= 0.6 is 22.7 Å². The molecule has 2 aromatic heterocycles. The van der Waals surface area contributed by atoms with Crippen molar-refractivity contribution in [3.63, 3.8) is 0 Å². The summed E-state index contributed by atoms with van der Waals surface area (Å²) in [4.78, 5) is 18.0. The smallest absolute Gasteiger partial charge is 0.316 e. The fraction of sp³-hybridized carbons (Fsp3) is 0.0364. The molecule has 12 aromatic rings. The maximum Gasteiger partial charge on any atom is 0.316 e. The monoisotopic (exact) mass is 1010 g/mol. The van der Waals surface area contributed by atoms with Crippen molar-refractivity contribution in [3.8, 4) is 21.1 Å². The fourth-order valence-corrected chi connectivity index (χ4v) is 10.1. The van der Waals surface area contributed by atoms with Gasteiger partial charge in [0.15, 0.2) is 0 Å². The summed E-state index contributed by atoms with van der Waals surface area (Å²) in [6.07, 6.45) is 1.28. The van der Waals surface area contributed by atoms with E-state index in [1.165, 1.54) is 94.0 Å². The van der Waals surface area contributed by atoms with Crippen molar-refractivity contribution in [3.05, 3.63) is 194 Å². The summed E-state index contributed by atoms with van der Waals surface area (Å²) < 4.78 is 2.42. The molecule has 0 bridgehead atoms. The number of hydrogen-bond donors (Lipinski definition) is 1. The Morgan fingerprint density at radius 3 is 1.08 bits per heavy atom. The number of aliphatic hydroxyl groups is 1. The van der Waals surface area contributed by atoms with E-state index in [2.05, 4.69) is 170 Å². The molecule has 62 heavy (non-hydrogen) atoms. The summed E-state index contributed by atoms with van der Waals surface area (Å²) in [5, 5.41) is 25.7. The summed E-state index contributed by atoms with van der Waals surface area (Å²) in [6.45, 7) is 3.00. The number of hydrogen-bond acceptors (Lipinski definition) is 5. The van der Waals surface area contributed by atoms with Gasteiger partial charge in [-0.2, -0.15) is 22.7 Å². The molecule has 2 heterocycles. The van der Waals surface area contributed by atoms with E-state index in [0.29, 0.717) is 0 Å². The maximum absolute atomic E-state index is 8.40. The Labute approximate surface area is 379 Å². The molecule has 0 fully saturated rings. The average Bonchev–Trinajstić information content (AvgIpc) is 3.94. The van der Waals surface area contributed by atoms with Crippen LogP contribution in [0.1, 0.15) is 13.8 Å². The second kappa shape index (κ2) is 17.4. The predicted octanol–water partition coefficient (Wildman–Crippen LogP) is 15.5. The van der Waals surface area contributed by atoms with Crippen LogP contribution in [0.15, 0.2) is 182 Å². The summed E-state index contributed by atoms with van der Waals surface area (Å²) in [5.74, 6) is 0.250. The van der Waals surface area contributed by atoms with Crippen molar-refractivity contribution in [1.82, 2.24) is 9.97 Å². The maximum atomic E-state index is 8.40. The van der Waals surface area contributed by atoms with Gasteiger partial charge in [0.05, 0.1) is 29.8 Å². The molecule has 0 amide bonds. The van der Waals surface area contributed by atoms with Gasteiger partial charge in [-0.25, -0.2) is 0 Å². The first kappa shape index (κ1) is 40.8. The van der Waals surface area contributed by atoms with E-state index in [1.807, 2.05) is 12.1 Å². The number of nitrogens with zero attached hydrogens (tertiary/aromatic N) is 2. The molecule has 0 aliphatic rings. The predicted molar refractivity (Wildman–Crippen MR) is 262 cm³/mol. The minimum atomic E-state index is 0. The van der Waals surface area contributed by atoms with E-state index in [9.17, 15) is 0 Å². The van der Waals surface area contributed by atoms with Crippen LogP contribution in [-0.2, 0) is 20.1 Å². The minimum absolute atomic E-state index is 0. The molecule has 0 aliphatic carbocycles. The van der Waals surface area contributed by atoms with Gasteiger partial charge in [-0.15, -0.1) is 47.5 Å². The fourth-order valence-electron chi connectivity index (χ4n) is 8.21. The van der Waals surface area contributed by atoms with Gasteiger partial charge in [-0.1, -0.05) is 154 Å². The number of aliphatic hydroxyl groups excluding tert-OH is 1. The number of benzene rings is 10. The van der Waals surface area contributed by atoms with Gasteiger partial charge in [-0.05, 0) is 63.5 Å². The Kier molecular flexibility index (Phi) is 11.5. The van der Waals surface area contributed by atoms with Crippen LogP contribution in [-0.4, -0.2) is 25.7 Å². The molecule has 0 saturated heterocycles. The van der Waals surface area contributed by atoms with Crippen molar-refractivity contribution < 1.29 is 30.0 Å². The number of thiazole rings is 2. The first-order valence-corrected chi connectivity index (χ1v) is 21.6. The third kappa shape index (κ3) is 7.77. The van der Waals surface area contributed by atoms with Crippen molar-refractivity contribution in [2.45, 2.75) is 13.8 Å². The standard InChI is InChI=1S/2C25H14NS.C5H8O2.Ir/c2*1-2-9-19-17(7-1)18-8-3-4-10-20(18)22-15-16(13-14-21(19)22)25-26-23-11-5-6-12-24(23)27-25;1-4(6)3-5(2)7;/h2*1-12,14-15H;3,6H,1-2H3;/q2*-1;;/p+1/b;;4-3-;. The van der Waals surface area contributed by atoms with Crippen LogP contribution < -0.4 is 0 Å². The number of aromatic nitrogens is 2. The van der Waals surface area contributed by atoms with E-state index in [4.69, 9.17) is 19.9 Å². The second-order valence-corrected chi connectivity index (χ2v) is 17.0. The molecule has 0 aliphatic heterocycles. The van der Waals surface area contributed by atoms with Crippen LogP contribution in [0.3, 0.4) is 0 Å². The van der Waals surface area contributed by atoms with Crippen LogP contribution in [0.4, 0.5) is 0 Å². The number of allylic oxidation sites excluding steroid dienone is 2. The molecular formula is C55H37IrN2O2S2-. The van der Waals surface area contributed by atoms with Gasteiger partial charge >= 0.3 is 5.78 Å². The quantitative estimate of drug-likeness (QED) is 0.0630. The summed E-state index contributed by atoms with van der Waals surface area (Å²) in [7, 11) is 0. The van der Waals surface area contributed by atoms with Crippen LogP contribution in [0, 0.1) is 12.1 Å². The molecule has 0 atom stereocenters. The molecule has 2 N–H and O–H groups in total. The van der Waals surface area contributed by atoms with E-state index in [1.54, 1.807) is 22.7 Å². The zero-order valence-corrected chi connectivity index (χ0v) is 37.7. The van der Waals surface area contributed by atoms with Crippen molar-refractivity contribution in [2.24, 2.45) is 0 Å². The second-order valence-electron chi connectivity index (χ2n) is 14.9. The zero-order chi connectivity index (χ0) is 41.5. The minimum Gasteiger partial charge on any atom is -0.512 e. The van der Waals surface area contributed by atoms with Crippen molar-refractivity contribution in [2.75, 3.05) is 0 Å². The number of carbonyl (C=O) groups excluding carboxylic acids is 1. The van der Waals surface area contributed by atoms with Gasteiger partial charge in [0.2, 0.25) is 0 Å². The van der Waals surface area contributed by atoms with Gasteiger partial charge in [0.1, 0.15) is 0 Å². The number of para-hydroxylation sites is 2. The van der Waals surface area contributed by atoms with E-state index in [-0.39, 0.29) is 31.6 Å². The van der Waals surface area contributed by atoms with Gasteiger partial charge in [-0.3, -0.25) is 14.8 Å². The SMILES string of the molecule is CC(=[OH+])/C=C(/C)O.[Ir].[c-]1cc2c3ccccc3c3ccccc3c2cc1-c1nc2ccccc2s1.[c-]1cc2c3ccccc3c3ccccc3c2cc1-c1nc2ccccc2s1. The Morgan fingerprint density at radius 2 is 0.774 bits per heavy atom. The molecule has 7 heteroatoms. The first-order chi connectivity index (χ1) is 29.9. The van der Waals surface area contributed by atoms with E-state index in [0.717, 1.165) is 32.2 Å². The molecule has 301 valence electrons. The Morgan fingerprint density at radius 1 is 0.468 bits per heavy atom. The summed E-state index contributed by atoms with van der Waals surface area (Å²) >= 11 is 3.45. The van der Waals surface area contributed by atoms with Crippen LogP contribution in [0.2, 0.25) is 0 Å². The summed E-state index contributed by atoms with van der Waals surface area (Å²) in [5.41, 5.74) is 4.22. The molecule has 0 unspecified atom stereocenters. The van der Waals surface area contributed by atoms with Gasteiger partial charge in [0, 0.05) is 39.5 Å². The Bertz CT molecular complexity index is 3310. The molecule has 1 radical (unpaired) electrons. The zero-order valence-electron chi connectivity index (χ0n) is 33.7. The molecule has 0 spiro atoms. The average molecular weight is 1010 g/mol. The van der Waals surface area contributed by atoms with E-state index >= 15 is 0 Å². The third-order valence-electron chi connectivity index (χ3n) is 10.8. The topological polar surface area (TPSA) is 67.4 Å². The Hall–Kier alpha value is -6.60. The largest absolute Gasteiger partial charge is 0.512 e. The van der Waals surface area contributed by atoms with Crippen LogP contribution in [0.5, 0.6) is 0 Å². The van der Waals surface area contributed by atoms with Gasteiger partial charge in [0.25, 0.3) is 0 Å². The molecule has 10 aromatic carbocycles. The van der Waals surface area contributed by atoms with Crippen molar-refractivity contribution in [1.29, 1.82) is 0 Å². The number of rotatable bonds is 3. The van der Waals surface area contributed by atoms with Gasteiger partial charge < -0.3 is 5.11 Å². The number of ketones is 1. The van der Waals surface area contributed by atoms with Crippen LogP contribution in [0.25, 0.3) is 106 Å². The Balaban J connectivity index is 0.000000136. The molecule has 12 rings (SSSR count). The van der Waals surface area contributed by atoms with Crippen molar-refractivity contribution >= 4 is 114 Å². The normalized spacial score (nSPS) is 11.5. The first-order valence-electron chi connectivity index (χ1n) is 20.0. The number of fused-ring (bicyclic) bond motifs is 14. The molecule has 0 saturated carbocycles. The molecule has 4 nitrogen and oxygen atoms in total. The summed E-state index contributed by atoms with van der Waals surface area (Å²) in [6, 6.07) is 66.9. The molecular weight excluding hydrogens is 977 g/mol.